The van der Waals surface area contributed by atoms with Crippen molar-refractivity contribution in [2.75, 3.05) is 5.32 Å². The van der Waals surface area contributed by atoms with Gasteiger partial charge in [-0.05, 0) is 58.4 Å². The average Bonchev–Trinajstić information content (AvgIpc) is 3.03. The number of pyridine rings is 1. The molecular weight excluding hydrogens is 432 g/mol. The van der Waals surface area contributed by atoms with Crippen molar-refractivity contribution in [1.82, 2.24) is 14.7 Å². The molecule has 0 fully saturated rings. The Morgan fingerprint density at radius 2 is 1.94 bits per heavy atom. The number of aryl methyl sites for hydroxylation is 2. The smallest absolute Gasteiger partial charge is 0.412 e. The maximum Gasteiger partial charge on any atom is 0.412 e. The first-order valence-electron chi connectivity index (χ1n) is 10.9. The lowest BCUT2D eigenvalue weighted by molar-refractivity contribution is -0.121. The Kier molecular flexibility index (Phi) is 7.16. The van der Waals surface area contributed by atoms with Crippen LogP contribution in [0.3, 0.4) is 0 Å². The minimum absolute atomic E-state index is 0.295. The third kappa shape index (κ3) is 5.67. The summed E-state index contributed by atoms with van der Waals surface area (Å²) in [6, 6.07) is 9.01. The van der Waals surface area contributed by atoms with Gasteiger partial charge in [0.1, 0.15) is 5.60 Å². The molecule has 8 heteroatoms. The number of fused-ring (bicyclic) bond motifs is 1. The zero-order chi connectivity index (χ0) is 25.0. The summed E-state index contributed by atoms with van der Waals surface area (Å²) in [5.41, 5.74) is 3.48. The molecule has 178 valence electrons. The third-order valence-electron chi connectivity index (χ3n) is 4.98. The lowest BCUT2D eigenvalue weighted by Crippen LogP contribution is -2.33. The molecule has 2 aromatic heterocycles. The second-order valence-electron chi connectivity index (χ2n) is 8.95. The Morgan fingerprint density at radius 1 is 1.21 bits per heavy atom. The minimum Gasteiger partial charge on any atom is -0.462 e. The topological polar surface area (TPSA) is 94.0 Å². The van der Waals surface area contributed by atoms with Crippen molar-refractivity contribution in [1.29, 1.82) is 0 Å². The number of rotatable bonds is 6. The highest BCUT2D eigenvalue weighted by Crippen LogP contribution is 2.32. The van der Waals surface area contributed by atoms with Gasteiger partial charge in [0.2, 0.25) is 12.1 Å². The maximum absolute atomic E-state index is 12.5. The Hall–Kier alpha value is -3.99. The van der Waals surface area contributed by atoms with Crippen molar-refractivity contribution in [3.8, 4) is 18.1 Å². The van der Waals surface area contributed by atoms with E-state index >= 15 is 0 Å². The van der Waals surface area contributed by atoms with Gasteiger partial charge in [0, 0.05) is 18.7 Å². The van der Waals surface area contributed by atoms with Crippen molar-refractivity contribution in [3.63, 3.8) is 0 Å². The monoisotopic (exact) mass is 462 g/mol. The van der Waals surface area contributed by atoms with Gasteiger partial charge in [0.15, 0.2) is 11.4 Å². The van der Waals surface area contributed by atoms with E-state index in [1.165, 1.54) is 6.92 Å². The predicted octanol–water partition coefficient (Wildman–Crippen LogP) is 4.69. The van der Waals surface area contributed by atoms with Gasteiger partial charge in [-0.2, -0.15) is 0 Å². The van der Waals surface area contributed by atoms with Gasteiger partial charge in [-0.3, -0.25) is 14.5 Å². The quantitative estimate of drug-likeness (QED) is 0.410. The van der Waals surface area contributed by atoms with E-state index in [2.05, 4.69) is 21.5 Å². The van der Waals surface area contributed by atoms with E-state index in [0.29, 0.717) is 29.1 Å². The first kappa shape index (κ1) is 24.6. The molecule has 2 N–H and O–H groups in total. The van der Waals surface area contributed by atoms with Crippen molar-refractivity contribution >= 4 is 23.3 Å². The second kappa shape index (κ2) is 9.87. The molecule has 34 heavy (non-hydrogen) atoms. The number of benzene rings is 1. The van der Waals surface area contributed by atoms with Crippen LogP contribution in [0.15, 0.2) is 36.5 Å². The molecule has 0 spiro atoms. The number of imidazole rings is 1. The van der Waals surface area contributed by atoms with E-state index < -0.39 is 17.9 Å². The lowest BCUT2D eigenvalue weighted by atomic mass is 10.0. The largest absolute Gasteiger partial charge is 0.462 e. The van der Waals surface area contributed by atoms with E-state index in [4.69, 9.17) is 15.9 Å². The molecule has 1 aromatic carbocycles. The fourth-order valence-corrected chi connectivity index (χ4v) is 3.63. The van der Waals surface area contributed by atoms with Gasteiger partial charge >= 0.3 is 6.09 Å². The summed E-state index contributed by atoms with van der Waals surface area (Å²) in [6.45, 7) is 10.5. The number of terminal acetylenes is 1. The number of amides is 2. The summed E-state index contributed by atoms with van der Waals surface area (Å²) in [7, 11) is 0. The highest BCUT2D eigenvalue weighted by Gasteiger charge is 2.25. The molecular formula is C26H30N4O4. The number of carbonyl (C=O) groups is 2. The fourth-order valence-electron chi connectivity index (χ4n) is 3.63. The summed E-state index contributed by atoms with van der Waals surface area (Å²) < 4.78 is 13.6. The summed E-state index contributed by atoms with van der Waals surface area (Å²) in [5.74, 6) is 2.82. The van der Waals surface area contributed by atoms with Gasteiger partial charge in [-0.1, -0.05) is 12.1 Å². The van der Waals surface area contributed by atoms with Crippen LogP contribution in [-0.4, -0.2) is 27.0 Å². The molecule has 3 aromatic rings. The molecule has 0 saturated carbocycles. The molecule has 0 saturated heterocycles. The van der Waals surface area contributed by atoms with Crippen molar-refractivity contribution in [2.24, 2.45) is 0 Å². The number of hydrogen-bond acceptors (Lipinski definition) is 5. The number of ether oxygens (including phenoxy) is 2. The maximum atomic E-state index is 12.5. The highest BCUT2D eigenvalue weighted by molar-refractivity contribution is 5.86. The Morgan fingerprint density at radius 3 is 2.59 bits per heavy atom. The van der Waals surface area contributed by atoms with Gasteiger partial charge in [0.05, 0.1) is 23.5 Å². The number of anilines is 1. The number of nitrogens with zero attached hydrogens (tertiary/aromatic N) is 2. The zero-order valence-corrected chi connectivity index (χ0v) is 20.4. The van der Waals surface area contributed by atoms with E-state index in [0.717, 1.165) is 17.0 Å². The number of aromatic nitrogens is 2. The van der Waals surface area contributed by atoms with Crippen LogP contribution in [0, 0.1) is 26.2 Å². The SMILES string of the molecule is C#CCc1c(C)nc2c(OC(NC(C)=O)c3c(C)cccc3NC(=O)OC(C)(C)C)cccn12. The molecule has 0 aliphatic rings. The van der Waals surface area contributed by atoms with Crippen LogP contribution in [0.25, 0.3) is 5.65 Å². The molecule has 1 unspecified atom stereocenters. The fraction of sp³-hybridized carbons (Fsp3) is 0.346. The van der Waals surface area contributed by atoms with Crippen molar-refractivity contribution in [2.45, 2.75) is 59.8 Å². The number of carbonyl (C=O) groups excluding carboxylic acids is 2. The first-order chi connectivity index (χ1) is 16.0. The van der Waals surface area contributed by atoms with Crippen LogP contribution in [0.4, 0.5) is 10.5 Å². The van der Waals surface area contributed by atoms with E-state index in [-0.39, 0.29) is 5.91 Å². The van der Waals surface area contributed by atoms with Gasteiger partial charge < -0.3 is 14.8 Å². The van der Waals surface area contributed by atoms with Gasteiger partial charge in [0.25, 0.3) is 0 Å². The number of hydrogen-bond donors (Lipinski definition) is 2. The van der Waals surface area contributed by atoms with Gasteiger partial charge in [-0.25, -0.2) is 9.78 Å². The van der Waals surface area contributed by atoms with Gasteiger partial charge in [-0.15, -0.1) is 12.3 Å². The minimum atomic E-state index is -0.900. The van der Waals surface area contributed by atoms with Crippen LogP contribution < -0.4 is 15.4 Å². The molecule has 0 bridgehead atoms. The summed E-state index contributed by atoms with van der Waals surface area (Å²) >= 11 is 0. The Labute approximate surface area is 199 Å². The molecule has 2 heterocycles. The van der Waals surface area contributed by atoms with Crippen LogP contribution in [0.1, 0.15) is 56.4 Å². The standard InChI is InChI=1S/C26H30N4O4/c1-8-11-20-17(3)27-23-21(14-10-15-30(20)23)33-24(28-18(4)31)22-16(2)12-9-13-19(22)29-25(32)34-26(5,6)7/h1,9-10,12-15,24H,11H2,2-7H3,(H,28,31)(H,29,32). The molecule has 2 amide bonds. The molecule has 8 nitrogen and oxygen atoms in total. The molecule has 0 radical (unpaired) electrons. The predicted molar refractivity (Wildman–Crippen MR) is 131 cm³/mol. The van der Waals surface area contributed by atoms with Crippen LogP contribution >= 0.6 is 0 Å². The average molecular weight is 463 g/mol. The molecule has 0 aliphatic heterocycles. The van der Waals surface area contributed by atoms with Crippen molar-refractivity contribution in [3.05, 3.63) is 59.0 Å². The third-order valence-corrected chi connectivity index (χ3v) is 4.98. The first-order valence-corrected chi connectivity index (χ1v) is 10.9. The van der Waals surface area contributed by atoms with E-state index in [1.54, 1.807) is 39.0 Å². The van der Waals surface area contributed by atoms with E-state index in [1.807, 2.05) is 36.6 Å². The summed E-state index contributed by atoms with van der Waals surface area (Å²) in [4.78, 5) is 29.2. The van der Waals surface area contributed by atoms with Crippen LogP contribution in [-0.2, 0) is 16.0 Å². The summed E-state index contributed by atoms with van der Waals surface area (Å²) in [5, 5.41) is 5.62. The Balaban J connectivity index is 2.04. The molecule has 3 rings (SSSR count). The molecule has 1 atom stereocenters. The highest BCUT2D eigenvalue weighted by atomic mass is 16.6. The zero-order valence-electron chi connectivity index (χ0n) is 20.4. The van der Waals surface area contributed by atoms with Crippen LogP contribution in [0.5, 0.6) is 5.75 Å². The summed E-state index contributed by atoms with van der Waals surface area (Å²) in [6.07, 6.45) is 6.31. The Bertz CT molecular complexity index is 1260. The normalized spacial score (nSPS) is 12.0. The van der Waals surface area contributed by atoms with E-state index in [9.17, 15) is 9.59 Å². The molecule has 0 aliphatic carbocycles. The second-order valence-corrected chi connectivity index (χ2v) is 8.95. The lowest BCUT2D eigenvalue weighted by Gasteiger charge is -2.25. The number of nitrogens with one attached hydrogen (secondary N) is 2. The van der Waals surface area contributed by atoms with Crippen molar-refractivity contribution < 1.29 is 19.1 Å². The van der Waals surface area contributed by atoms with Crippen LogP contribution in [0.2, 0.25) is 0 Å².